The molecule has 4 nitrogen and oxygen atoms in total. The summed E-state index contributed by atoms with van der Waals surface area (Å²) in [5.74, 6) is -1.29. The number of ether oxygens (including phenoxy) is 1. The number of carboxylic acid groups (broad SMARTS) is 1. The van der Waals surface area contributed by atoms with Crippen molar-refractivity contribution in [3.63, 3.8) is 0 Å². The number of halogens is 1. The molecule has 1 aromatic rings. The smallest absolute Gasteiger partial charge is 0.328 e. The zero-order valence-corrected chi connectivity index (χ0v) is 9.60. The molecule has 0 aliphatic heterocycles. The second-order valence-corrected chi connectivity index (χ2v) is 3.50. The fourth-order valence-corrected chi connectivity index (χ4v) is 1.27. The molecule has 0 fully saturated rings. The normalized spacial score (nSPS) is 10.2. The number of aliphatic carboxylic acids is 1. The van der Waals surface area contributed by atoms with Crippen LogP contribution in [0.25, 0.3) is 6.08 Å². The van der Waals surface area contributed by atoms with Gasteiger partial charge in [0, 0.05) is 18.6 Å². The second kappa shape index (κ2) is 7.07. The molecule has 0 unspecified atom stereocenters. The van der Waals surface area contributed by atoms with E-state index in [1.807, 2.05) is 6.07 Å². The molecule has 1 N–H and O–H groups in total. The summed E-state index contributed by atoms with van der Waals surface area (Å²) in [5, 5.41) is 16.8. The minimum absolute atomic E-state index is 0.318. The predicted molar refractivity (Wildman–Crippen MR) is 63.4 cm³/mol. The maximum atomic E-state index is 13.2. The third kappa shape index (κ3) is 5.12. The van der Waals surface area contributed by atoms with Crippen molar-refractivity contribution in [1.29, 1.82) is 5.26 Å². The Kier molecular flexibility index (Phi) is 5.39. The van der Waals surface area contributed by atoms with Gasteiger partial charge in [-0.1, -0.05) is 0 Å². The van der Waals surface area contributed by atoms with Gasteiger partial charge in [-0.25, -0.2) is 9.18 Å². The molecule has 0 bridgehead atoms. The monoisotopic (exact) mass is 249 g/mol. The maximum absolute atomic E-state index is 13.2. The van der Waals surface area contributed by atoms with E-state index >= 15 is 0 Å². The summed E-state index contributed by atoms with van der Waals surface area (Å²) < 4.78 is 18.5. The van der Waals surface area contributed by atoms with Gasteiger partial charge < -0.3 is 9.84 Å². The Bertz CT molecular complexity index is 491. The zero-order valence-electron chi connectivity index (χ0n) is 9.60. The highest BCUT2D eigenvalue weighted by Gasteiger charge is 2.00. The summed E-state index contributed by atoms with van der Waals surface area (Å²) in [4.78, 5) is 10.3. The van der Waals surface area contributed by atoms with Gasteiger partial charge >= 0.3 is 5.97 Å². The summed E-state index contributed by atoms with van der Waals surface area (Å²) in [6.45, 7) is 0.319. The van der Waals surface area contributed by atoms with Crippen molar-refractivity contribution in [2.24, 2.45) is 0 Å². The average Bonchev–Trinajstić information content (AvgIpc) is 2.32. The predicted octanol–water partition coefficient (Wildman–Crippen LogP) is 2.61. The van der Waals surface area contributed by atoms with E-state index in [1.54, 1.807) is 0 Å². The highest BCUT2D eigenvalue weighted by molar-refractivity contribution is 5.85. The number of benzene rings is 1. The van der Waals surface area contributed by atoms with Crippen LogP contribution in [0.4, 0.5) is 4.39 Å². The molecule has 0 amide bonds. The maximum Gasteiger partial charge on any atom is 0.328 e. The summed E-state index contributed by atoms with van der Waals surface area (Å²) >= 11 is 0. The molecular weight excluding hydrogens is 237 g/mol. The number of hydrogen-bond acceptors (Lipinski definition) is 3. The van der Waals surface area contributed by atoms with Crippen LogP contribution in [-0.2, 0) is 4.79 Å². The molecule has 0 radical (unpaired) electrons. The van der Waals surface area contributed by atoms with Gasteiger partial charge in [-0.15, -0.1) is 0 Å². The van der Waals surface area contributed by atoms with Crippen LogP contribution in [0.15, 0.2) is 24.3 Å². The third-order valence-corrected chi connectivity index (χ3v) is 2.01. The molecule has 0 spiro atoms. The molecule has 0 aliphatic rings. The lowest BCUT2D eigenvalue weighted by molar-refractivity contribution is -0.131. The Morgan fingerprint density at radius 2 is 2.28 bits per heavy atom. The molecule has 0 aromatic heterocycles. The SMILES string of the molecule is N#CCCCOc1cc(F)cc(/C=C/C(=O)O)c1. The van der Waals surface area contributed by atoms with Crippen LogP contribution >= 0.6 is 0 Å². The number of unbranched alkanes of at least 4 members (excludes halogenated alkanes) is 1. The van der Waals surface area contributed by atoms with E-state index in [0.717, 1.165) is 6.08 Å². The molecule has 94 valence electrons. The van der Waals surface area contributed by atoms with E-state index in [0.29, 0.717) is 30.8 Å². The summed E-state index contributed by atoms with van der Waals surface area (Å²) in [5.41, 5.74) is 0.410. The molecule has 5 heteroatoms. The minimum atomic E-state index is -1.10. The Morgan fingerprint density at radius 3 is 2.94 bits per heavy atom. The number of hydrogen-bond donors (Lipinski definition) is 1. The lowest BCUT2D eigenvalue weighted by Crippen LogP contribution is -1.97. The van der Waals surface area contributed by atoms with Crippen molar-refractivity contribution in [2.75, 3.05) is 6.61 Å². The molecule has 0 saturated heterocycles. The van der Waals surface area contributed by atoms with E-state index in [4.69, 9.17) is 15.1 Å². The summed E-state index contributed by atoms with van der Waals surface area (Å²) in [6.07, 6.45) is 3.15. The quantitative estimate of drug-likeness (QED) is 0.621. The molecule has 18 heavy (non-hydrogen) atoms. The van der Waals surface area contributed by atoms with Gasteiger partial charge in [-0.3, -0.25) is 0 Å². The molecular formula is C13H12FNO3. The van der Waals surface area contributed by atoms with Crippen LogP contribution < -0.4 is 4.74 Å². The minimum Gasteiger partial charge on any atom is -0.493 e. The number of rotatable bonds is 6. The van der Waals surface area contributed by atoms with Crippen molar-refractivity contribution in [1.82, 2.24) is 0 Å². The van der Waals surface area contributed by atoms with Crippen molar-refractivity contribution >= 4 is 12.0 Å². The van der Waals surface area contributed by atoms with Gasteiger partial charge in [-0.2, -0.15) is 5.26 Å². The van der Waals surface area contributed by atoms with Crippen LogP contribution in [0.3, 0.4) is 0 Å². The highest BCUT2D eigenvalue weighted by atomic mass is 19.1. The lowest BCUT2D eigenvalue weighted by Gasteiger charge is -2.06. The van der Waals surface area contributed by atoms with Crippen LogP contribution in [0.1, 0.15) is 18.4 Å². The largest absolute Gasteiger partial charge is 0.493 e. The van der Waals surface area contributed by atoms with Crippen molar-refractivity contribution in [3.8, 4) is 11.8 Å². The topological polar surface area (TPSA) is 70.3 Å². The molecule has 0 aliphatic carbocycles. The van der Waals surface area contributed by atoms with E-state index in [9.17, 15) is 9.18 Å². The standard InChI is InChI=1S/C13H12FNO3/c14-11-7-10(3-4-13(16)17)8-12(9-11)18-6-2-1-5-15/h3-4,7-9H,1-2,6H2,(H,16,17)/b4-3+. The fourth-order valence-electron chi connectivity index (χ4n) is 1.27. The fraction of sp³-hybridized carbons (Fsp3) is 0.231. The first-order valence-electron chi connectivity index (χ1n) is 5.33. The first-order chi connectivity index (χ1) is 8.61. The van der Waals surface area contributed by atoms with Gasteiger partial charge in [0.15, 0.2) is 0 Å². The van der Waals surface area contributed by atoms with Gasteiger partial charge in [0.1, 0.15) is 11.6 Å². The van der Waals surface area contributed by atoms with E-state index in [1.165, 1.54) is 24.3 Å². The first kappa shape index (κ1) is 13.7. The Morgan fingerprint density at radius 1 is 1.50 bits per heavy atom. The lowest BCUT2D eigenvalue weighted by atomic mass is 10.2. The highest BCUT2D eigenvalue weighted by Crippen LogP contribution is 2.17. The summed E-state index contributed by atoms with van der Waals surface area (Å²) in [7, 11) is 0. The van der Waals surface area contributed by atoms with E-state index in [-0.39, 0.29) is 0 Å². The first-order valence-corrected chi connectivity index (χ1v) is 5.33. The number of nitrogens with zero attached hydrogens (tertiary/aromatic N) is 1. The number of carbonyl (C=O) groups is 1. The van der Waals surface area contributed by atoms with E-state index in [2.05, 4.69) is 0 Å². The van der Waals surface area contributed by atoms with Gasteiger partial charge in [0.25, 0.3) is 0 Å². The zero-order chi connectivity index (χ0) is 13.4. The van der Waals surface area contributed by atoms with Crippen molar-refractivity contribution in [2.45, 2.75) is 12.8 Å². The Labute approximate surface area is 104 Å². The molecule has 0 atom stereocenters. The summed E-state index contributed by atoms with van der Waals surface area (Å²) in [6, 6.07) is 5.94. The molecule has 1 rings (SSSR count). The van der Waals surface area contributed by atoms with Crippen molar-refractivity contribution in [3.05, 3.63) is 35.7 Å². The third-order valence-electron chi connectivity index (χ3n) is 2.01. The Balaban J connectivity index is 2.69. The van der Waals surface area contributed by atoms with Gasteiger partial charge in [-0.05, 0) is 30.2 Å². The van der Waals surface area contributed by atoms with Crippen LogP contribution in [0.2, 0.25) is 0 Å². The average molecular weight is 249 g/mol. The second-order valence-electron chi connectivity index (χ2n) is 3.50. The van der Waals surface area contributed by atoms with Crippen LogP contribution in [-0.4, -0.2) is 17.7 Å². The van der Waals surface area contributed by atoms with Gasteiger partial charge in [0.2, 0.25) is 0 Å². The van der Waals surface area contributed by atoms with Gasteiger partial charge in [0.05, 0.1) is 12.7 Å². The molecule has 0 saturated carbocycles. The number of carboxylic acids is 1. The number of nitriles is 1. The van der Waals surface area contributed by atoms with Crippen molar-refractivity contribution < 1.29 is 19.0 Å². The molecule has 0 heterocycles. The Hall–Kier alpha value is -2.35. The van der Waals surface area contributed by atoms with E-state index < -0.39 is 11.8 Å². The molecule has 1 aromatic carbocycles. The van der Waals surface area contributed by atoms with Crippen LogP contribution in [0, 0.1) is 17.1 Å². The van der Waals surface area contributed by atoms with Crippen LogP contribution in [0.5, 0.6) is 5.75 Å².